The quantitative estimate of drug-likeness (QED) is 0.167. The third-order valence-corrected chi connectivity index (χ3v) is 13.9. The van der Waals surface area contributed by atoms with Gasteiger partial charge in [0.2, 0.25) is 0 Å². The van der Waals surface area contributed by atoms with E-state index in [1.807, 2.05) is 23.6 Å². The first-order chi connectivity index (χ1) is 26.6. The molecule has 0 bridgehead atoms. The summed E-state index contributed by atoms with van der Waals surface area (Å²) < 4.78 is 5.12. The van der Waals surface area contributed by atoms with Crippen LogP contribution in [0.1, 0.15) is 31.2 Å². The normalized spacial score (nSPS) is 20.5. The van der Waals surface area contributed by atoms with Crippen LogP contribution < -0.4 is 0 Å². The Morgan fingerprint density at radius 1 is 0.648 bits per heavy atom. The van der Waals surface area contributed by atoms with Crippen molar-refractivity contribution >= 4 is 75.7 Å². The van der Waals surface area contributed by atoms with Crippen LogP contribution in [0.4, 0.5) is 0 Å². The fraction of sp³-hybridized carbons (Fsp3) is 0.120. The highest BCUT2D eigenvalue weighted by Gasteiger charge is 2.41. The highest BCUT2D eigenvalue weighted by Crippen LogP contribution is 2.52. The largest absolute Gasteiger partial charge is 0.295 e. The third kappa shape index (κ3) is 4.17. The van der Waals surface area contributed by atoms with Gasteiger partial charge in [-0.25, -0.2) is 4.98 Å². The van der Waals surface area contributed by atoms with Gasteiger partial charge < -0.3 is 0 Å². The van der Waals surface area contributed by atoms with Crippen LogP contribution in [0.25, 0.3) is 86.7 Å². The van der Waals surface area contributed by atoms with Crippen molar-refractivity contribution in [2.45, 2.75) is 19.8 Å². The molecule has 12 rings (SSSR count). The molecular weight excluding hydrogens is 675 g/mol. The first-order valence-corrected chi connectivity index (χ1v) is 19.9. The number of aromatic nitrogens is 3. The molecule has 3 aliphatic rings. The lowest BCUT2D eigenvalue weighted by Crippen LogP contribution is -2.32. The molecule has 256 valence electrons. The monoisotopic (exact) mass is 709 g/mol. The maximum absolute atomic E-state index is 5.57. The molecule has 0 spiro atoms. The van der Waals surface area contributed by atoms with Crippen LogP contribution in [0.2, 0.25) is 0 Å². The van der Waals surface area contributed by atoms with Gasteiger partial charge in [-0.05, 0) is 74.0 Å². The van der Waals surface area contributed by atoms with Gasteiger partial charge in [0.15, 0.2) is 5.65 Å². The second-order valence-electron chi connectivity index (χ2n) is 15.4. The number of imidazole rings is 1. The number of thiophene rings is 1. The predicted octanol–water partition coefficient (Wildman–Crippen LogP) is 13.3. The maximum atomic E-state index is 5.57. The van der Waals surface area contributed by atoms with Crippen LogP contribution >= 0.6 is 11.3 Å². The number of nitrogens with zero attached hydrogens (tertiary/aromatic N) is 3. The fourth-order valence-corrected chi connectivity index (χ4v) is 11.4. The molecule has 0 amide bonds. The SMILES string of the molecule is CC1c2c(nc3c4sc5c6ccccc6ccc5c4cc(-c4ccc(-c5cccc6c5ccc5cccnc56)cc4)n23)C=C2C=C3C=CC=CC3C(C)C21. The number of rotatable bonds is 2. The lowest BCUT2D eigenvalue weighted by molar-refractivity contribution is 0.300. The van der Waals surface area contributed by atoms with Crippen molar-refractivity contribution in [1.29, 1.82) is 0 Å². The molecule has 0 fully saturated rings. The Kier molecular flexibility index (Phi) is 6.30. The van der Waals surface area contributed by atoms with Gasteiger partial charge in [0, 0.05) is 44.3 Å². The summed E-state index contributed by atoms with van der Waals surface area (Å²) in [5, 5.41) is 8.72. The summed E-state index contributed by atoms with van der Waals surface area (Å²) in [4.78, 5) is 10.3. The average Bonchev–Trinajstić information content (AvgIpc) is 3.80. The summed E-state index contributed by atoms with van der Waals surface area (Å²) in [5.41, 5.74) is 12.2. The molecule has 3 nitrogen and oxygen atoms in total. The Labute approximate surface area is 316 Å². The van der Waals surface area contributed by atoms with Crippen LogP contribution in [0.15, 0.2) is 157 Å². The van der Waals surface area contributed by atoms with E-state index in [-0.39, 0.29) is 0 Å². The van der Waals surface area contributed by atoms with Gasteiger partial charge in [-0.15, -0.1) is 11.3 Å². The summed E-state index contributed by atoms with van der Waals surface area (Å²) in [7, 11) is 0. The summed E-state index contributed by atoms with van der Waals surface area (Å²) in [5.74, 6) is 1.64. The zero-order valence-electron chi connectivity index (χ0n) is 30.0. The van der Waals surface area contributed by atoms with Crippen LogP contribution in [-0.4, -0.2) is 14.4 Å². The van der Waals surface area contributed by atoms with Crippen molar-refractivity contribution in [3.05, 3.63) is 168 Å². The number of fused-ring (bicyclic) bond motifs is 14. The van der Waals surface area contributed by atoms with E-state index in [4.69, 9.17) is 9.97 Å². The lowest BCUT2D eigenvalue weighted by atomic mass is 9.63. The van der Waals surface area contributed by atoms with E-state index in [1.54, 1.807) is 0 Å². The van der Waals surface area contributed by atoms with E-state index in [2.05, 4.69) is 158 Å². The molecule has 0 saturated carbocycles. The lowest BCUT2D eigenvalue weighted by Gasteiger charge is -2.41. The molecule has 4 heteroatoms. The van der Waals surface area contributed by atoms with E-state index >= 15 is 0 Å². The van der Waals surface area contributed by atoms with Crippen LogP contribution in [0.3, 0.4) is 0 Å². The minimum atomic E-state index is 0.298. The van der Waals surface area contributed by atoms with Crippen molar-refractivity contribution < 1.29 is 0 Å². The summed E-state index contributed by atoms with van der Waals surface area (Å²) >= 11 is 1.89. The number of benzene rings is 5. The van der Waals surface area contributed by atoms with Crippen LogP contribution in [0.5, 0.6) is 0 Å². The van der Waals surface area contributed by atoms with Crippen LogP contribution in [0, 0.1) is 17.8 Å². The van der Waals surface area contributed by atoms with E-state index in [1.165, 1.54) is 80.9 Å². The second kappa shape index (κ2) is 11.2. The molecule has 0 saturated heterocycles. The van der Waals surface area contributed by atoms with Crippen molar-refractivity contribution in [2.24, 2.45) is 17.8 Å². The first-order valence-electron chi connectivity index (χ1n) is 19.1. The first kappa shape index (κ1) is 30.4. The second-order valence-corrected chi connectivity index (χ2v) is 16.5. The smallest absolute Gasteiger partial charge is 0.156 e. The molecule has 0 N–H and O–H groups in total. The van der Waals surface area contributed by atoms with E-state index in [0.29, 0.717) is 23.7 Å². The molecule has 0 aliphatic heterocycles. The van der Waals surface area contributed by atoms with Crippen LogP contribution in [-0.2, 0) is 0 Å². The molecule has 4 atom stereocenters. The number of hydrogen-bond donors (Lipinski definition) is 0. The molecule has 3 aliphatic carbocycles. The maximum Gasteiger partial charge on any atom is 0.156 e. The highest BCUT2D eigenvalue weighted by molar-refractivity contribution is 7.27. The van der Waals surface area contributed by atoms with E-state index < -0.39 is 0 Å². The summed E-state index contributed by atoms with van der Waals surface area (Å²) in [6.45, 7) is 4.89. The Morgan fingerprint density at radius 2 is 1.46 bits per heavy atom. The number of allylic oxidation sites excluding steroid dienone is 7. The van der Waals surface area contributed by atoms with Gasteiger partial charge in [-0.3, -0.25) is 9.38 Å². The molecule has 4 heterocycles. The van der Waals surface area contributed by atoms with E-state index in [0.717, 1.165) is 22.2 Å². The van der Waals surface area contributed by atoms with Gasteiger partial charge in [0.1, 0.15) is 0 Å². The van der Waals surface area contributed by atoms with Crippen molar-refractivity contribution in [3.63, 3.8) is 0 Å². The van der Waals surface area contributed by atoms with Crippen molar-refractivity contribution in [3.8, 4) is 22.4 Å². The number of hydrogen-bond acceptors (Lipinski definition) is 3. The highest BCUT2D eigenvalue weighted by atomic mass is 32.1. The standard InChI is InChI=1S/C50H35N3S/c1-28-36-12-5-4-10-34(36)25-35-26-43-47(29(2)45(28)35)53-44(27-42-41-23-20-30-9-3-6-13-38(30)48(41)54-49(42)50(53)52-43)32-18-16-31(17-19-32)37-14-7-15-40-39(37)22-21-33-11-8-24-51-46(33)40/h3-29,36,45H,1-2H3. The van der Waals surface area contributed by atoms with Gasteiger partial charge in [0.05, 0.1) is 27.3 Å². The van der Waals surface area contributed by atoms with Gasteiger partial charge in [-0.1, -0.05) is 141 Å². The molecule has 54 heavy (non-hydrogen) atoms. The minimum Gasteiger partial charge on any atom is -0.295 e. The molecule has 5 aromatic carbocycles. The van der Waals surface area contributed by atoms with Gasteiger partial charge in [-0.2, -0.15) is 0 Å². The van der Waals surface area contributed by atoms with Gasteiger partial charge in [0.25, 0.3) is 0 Å². The zero-order chi connectivity index (χ0) is 35.7. The molecule has 0 radical (unpaired) electrons. The molecular formula is C50H35N3S. The predicted molar refractivity (Wildman–Crippen MR) is 228 cm³/mol. The molecule has 4 unspecified atom stereocenters. The third-order valence-electron chi connectivity index (χ3n) is 12.6. The number of pyridine rings is 2. The fourth-order valence-electron chi connectivity index (χ4n) is 10.2. The summed E-state index contributed by atoms with van der Waals surface area (Å²) in [6.07, 6.45) is 15.8. The topological polar surface area (TPSA) is 30.2 Å². The molecule has 4 aromatic heterocycles. The zero-order valence-corrected chi connectivity index (χ0v) is 30.8. The Hall–Kier alpha value is -6.10. The average molecular weight is 710 g/mol. The minimum absolute atomic E-state index is 0.298. The molecule has 9 aromatic rings. The Balaban J connectivity index is 1.10. The van der Waals surface area contributed by atoms with Crippen molar-refractivity contribution in [2.75, 3.05) is 0 Å². The van der Waals surface area contributed by atoms with E-state index in [9.17, 15) is 0 Å². The van der Waals surface area contributed by atoms with Crippen molar-refractivity contribution in [1.82, 2.24) is 14.4 Å². The Morgan fingerprint density at radius 3 is 2.39 bits per heavy atom. The van der Waals surface area contributed by atoms with Gasteiger partial charge >= 0.3 is 0 Å². The Bertz CT molecular complexity index is 3210. The summed E-state index contributed by atoms with van der Waals surface area (Å²) in [6, 6.07) is 40.2.